The molecule has 1 aliphatic heterocycles. The number of hydrogen-bond donors (Lipinski definition) is 3. The van der Waals surface area contributed by atoms with Gasteiger partial charge >= 0.3 is 0 Å². The molecule has 27 heavy (non-hydrogen) atoms. The average Bonchev–Trinajstić information content (AvgIpc) is 3.44. The van der Waals surface area contributed by atoms with Crippen molar-refractivity contribution in [3.05, 3.63) is 23.8 Å². The second kappa shape index (κ2) is 8.14. The van der Waals surface area contributed by atoms with Crippen LogP contribution in [0.25, 0.3) is 0 Å². The summed E-state index contributed by atoms with van der Waals surface area (Å²) in [5.74, 6) is 0.414. The van der Waals surface area contributed by atoms with Crippen molar-refractivity contribution in [2.75, 3.05) is 45.4 Å². The molecule has 1 heterocycles. The molecule has 2 aliphatic rings. The molecule has 1 fully saturated rings. The van der Waals surface area contributed by atoms with Gasteiger partial charge in [0.05, 0.1) is 36.9 Å². The third-order valence-corrected chi connectivity index (χ3v) is 5.15. The number of carbonyl (C=O) groups is 2. The number of benzene rings is 1. The van der Waals surface area contributed by atoms with E-state index in [0.29, 0.717) is 31.1 Å². The number of methoxy groups -OCH3 is 1. The lowest BCUT2D eigenvalue weighted by atomic mass is 10.1. The fourth-order valence-electron chi connectivity index (χ4n) is 3.15. The van der Waals surface area contributed by atoms with E-state index < -0.39 is 5.54 Å². The Hall–Kier alpha value is -2.32. The Bertz CT molecular complexity index is 705. The van der Waals surface area contributed by atoms with E-state index >= 15 is 0 Å². The molecule has 0 aromatic heterocycles. The van der Waals surface area contributed by atoms with Crippen LogP contribution in [0.1, 0.15) is 29.6 Å². The molecule has 2 amide bonds. The molecular formula is C19H27N3O5. The number of carbonyl (C=O) groups excluding carboxylic acids is 2. The number of aliphatic hydroxyl groups is 1. The van der Waals surface area contributed by atoms with Crippen LogP contribution in [0, 0.1) is 0 Å². The number of aliphatic hydroxyl groups excluding tert-OH is 1. The summed E-state index contributed by atoms with van der Waals surface area (Å²) in [5, 5.41) is 15.1. The standard InChI is InChI=1S/C19H27N3O5/c1-22-14(10-17(24)21-19(12-23)5-6-19)11-27-16-4-3-13(9-15(16)22)18(25)20-7-8-26-2/h3-4,9,14,23H,5-8,10-12H2,1-2H3,(H,20,25)(H,21,24). The van der Waals surface area contributed by atoms with Crippen molar-refractivity contribution in [1.82, 2.24) is 10.6 Å². The van der Waals surface area contributed by atoms with Gasteiger partial charge < -0.3 is 30.1 Å². The van der Waals surface area contributed by atoms with Crippen molar-refractivity contribution < 1.29 is 24.2 Å². The first kappa shape index (κ1) is 19.4. The van der Waals surface area contributed by atoms with E-state index in [0.717, 1.165) is 18.5 Å². The summed E-state index contributed by atoms with van der Waals surface area (Å²) in [6.07, 6.45) is 1.90. The topological polar surface area (TPSA) is 100 Å². The lowest BCUT2D eigenvalue weighted by Crippen LogP contribution is -2.47. The largest absolute Gasteiger partial charge is 0.489 e. The molecule has 3 rings (SSSR count). The predicted molar refractivity (Wildman–Crippen MR) is 100 cm³/mol. The van der Waals surface area contributed by atoms with Crippen LogP contribution in [-0.2, 0) is 9.53 Å². The van der Waals surface area contributed by atoms with E-state index in [1.807, 2.05) is 11.9 Å². The number of nitrogens with one attached hydrogen (secondary N) is 2. The van der Waals surface area contributed by atoms with Gasteiger partial charge in [-0.1, -0.05) is 0 Å². The van der Waals surface area contributed by atoms with E-state index in [-0.39, 0.29) is 30.9 Å². The van der Waals surface area contributed by atoms with Crippen LogP contribution in [0.15, 0.2) is 18.2 Å². The Morgan fingerprint density at radius 2 is 2.19 bits per heavy atom. The first-order chi connectivity index (χ1) is 13.0. The maximum atomic E-state index is 12.3. The molecule has 1 aromatic rings. The fraction of sp³-hybridized carbons (Fsp3) is 0.579. The summed E-state index contributed by atoms with van der Waals surface area (Å²) in [6.45, 7) is 1.25. The summed E-state index contributed by atoms with van der Waals surface area (Å²) in [6, 6.07) is 5.13. The Balaban J connectivity index is 1.64. The average molecular weight is 377 g/mol. The minimum absolute atomic E-state index is 0.0277. The van der Waals surface area contributed by atoms with E-state index in [9.17, 15) is 14.7 Å². The van der Waals surface area contributed by atoms with Crippen LogP contribution in [0.4, 0.5) is 5.69 Å². The van der Waals surface area contributed by atoms with Gasteiger partial charge in [-0.2, -0.15) is 0 Å². The zero-order valence-electron chi connectivity index (χ0n) is 15.8. The number of ether oxygens (including phenoxy) is 2. The number of fused-ring (bicyclic) bond motifs is 1. The highest BCUT2D eigenvalue weighted by Gasteiger charge is 2.43. The maximum absolute atomic E-state index is 12.3. The van der Waals surface area contributed by atoms with Gasteiger partial charge in [-0.3, -0.25) is 9.59 Å². The highest BCUT2D eigenvalue weighted by molar-refractivity contribution is 5.95. The van der Waals surface area contributed by atoms with Crippen molar-refractivity contribution in [3.63, 3.8) is 0 Å². The van der Waals surface area contributed by atoms with Crippen LogP contribution in [0.3, 0.4) is 0 Å². The number of likely N-dealkylation sites (N-methyl/N-ethyl adjacent to an activating group) is 1. The summed E-state index contributed by atoms with van der Waals surface area (Å²) in [4.78, 5) is 26.6. The van der Waals surface area contributed by atoms with Crippen molar-refractivity contribution in [1.29, 1.82) is 0 Å². The minimum Gasteiger partial charge on any atom is -0.489 e. The van der Waals surface area contributed by atoms with Crippen molar-refractivity contribution in [2.24, 2.45) is 0 Å². The molecule has 0 saturated heterocycles. The summed E-state index contributed by atoms with van der Waals surface area (Å²) >= 11 is 0. The van der Waals surface area contributed by atoms with Gasteiger partial charge in [0.2, 0.25) is 5.91 Å². The molecule has 8 nitrogen and oxygen atoms in total. The maximum Gasteiger partial charge on any atom is 0.251 e. The Labute approximate surface area is 158 Å². The molecule has 1 aliphatic carbocycles. The smallest absolute Gasteiger partial charge is 0.251 e. The van der Waals surface area contributed by atoms with Crippen LogP contribution in [0.5, 0.6) is 5.75 Å². The summed E-state index contributed by atoms with van der Waals surface area (Å²) in [7, 11) is 3.48. The van der Waals surface area contributed by atoms with E-state index in [1.54, 1.807) is 25.3 Å². The molecule has 0 spiro atoms. The minimum atomic E-state index is -0.420. The lowest BCUT2D eigenvalue weighted by Gasteiger charge is -2.36. The van der Waals surface area contributed by atoms with E-state index in [4.69, 9.17) is 9.47 Å². The van der Waals surface area contributed by atoms with Crippen molar-refractivity contribution >= 4 is 17.5 Å². The molecule has 148 valence electrons. The number of nitrogens with zero attached hydrogens (tertiary/aromatic N) is 1. The van der Waals surface area contributed by atoms with Crippen LogP contribution in [0.2, 0.25) is 0 Å². The second-order valence-corrected chi connectivity index (χ2v) is 7.20. The summed E-state index contributed by atoms with van der Waals surface area (Å²) < 4.78 is 10.7. The molecule has 1 aromatic carbocycles. The monoisotopic (exact) mass is 377 g/mol. The zero-order chi connectivity index (χ0) is 19.4. The number of rotatable bonds is 8. The highest BCUT2D eigenvalue weighted by atomic mass is 16.5. The molecular weight excluding hydrogens is 350 g/mol. The normalized spacial score (nSPS) is 19.7. The van der Waals surface area contributed by atoms with Gasteiger partial charge in [0, 0.05) is 26.3 Å². The van der Waals surface area contributed by atoms with Gasteiger partial charge in [0.15, 0.2) is 0 Å². The third kappa shape index (κ3) is 4.51. The molecule has 0 bridgehead atoms. The quantitative estimate of drug-likeness (QED) is 0.563. The van der Waals surface area contributed by atoms with Crippen LogP contribution >= 0.6 is 0 Å². The molecule has 0 radical (unpaired) electrons. The molecule has 1 saturated carbocycles. The first-order valence-electron chi connectivity index (χ1n) is 9.17. The Morgan fingerprint density at radius 1 is 1.41 bits per heavy atom. The molecule has 1 unspecified atom stereocenters. The van der Waals surface area contributed by atoms with Gasteiger partial charge in [0.25, 0.3) is 5.91 Å². The van der Waals surface area contributed by atoms with E-state index in [2.05, 4.69) is 10.6 Å². The Kier molecular flexibility index (Phi) is 5.86. The van der Waals surface area contributed by atoms with Gasteiger partial charge in [0.1, 0.15) is 12.4 Å². The Morgan fingerprint density at radius 3 is 2.85 bits per heavy atom. The summed E-state index contributed by atoms with van der Waals surface area (Å²) in [5.41, 5.74) is 0.889. The van der Waals surface area contributed by atoms with Crippen molar-refractivity contribution in [3.8, 4) is 5.75 Å². The highest BCUT2D eigenvalue weighted by Crippen LogP contribution is 2.36. The first-order valence-corrected chi connectivity index (χ1v) is 9.17. The number of hydrogen-bond acceptors (Lipinski definition) is 6. The molecule has 3 N–H and O–H groups in total. The second-order valence-electron chi connectivity index (χ2n) is 7.20. The zero-order valence-corrected chi connectivity index (χ0v) is 15.8. The van der Waals surface area contributed by atoms with Crippen LogP contribution in [-0.4, -0.2) is 69.0 Å². The van der Waals surface area contributed by atoms with E-state index in [1.165, 1.54) is 0 Å². The lowest BCUT2D eigenvalue weighted by molar-refractivity contribution is -0.123. The van der Waals surface area contributed by atoms with Crippen molar-refractivity contribution in [2.45, 2.75) is 30.8 Å². The number of anilines is 1. The number of amides is 2. The SMILES string of the molecule is COCCNC(=O)c1ccc2c(c1)N(C)C(CC(=O)NC1(CO)CC1)CO2. The fourth-order valence-corrected chi connectivity index (χ4v) is 3.15. The molecule has 8 heteroatoms. The van der Waals surface area contributed by atoms with Gasteiger partial charge in [-0.15, -0.1) is 0 Å². The van der Waals surface area contributed by atoms with Gasteiger partial charge in [-0.25, -0.2) is 0 Å². The third-order valence-electron chi connectivity index (χ3n) is 5.15. The molecule has 1 atom stereocenters. The van der Waals surface area contributed by atoms with Gasteiger partial charge in [-0.05, 0) is 31.0 Å². The predicted octanol–water partition coefficient (Wildman–Crippen LogP) is 0.291. The van der Waals surface area contributed by atoms with Crippen LogP contribution < -0.4 is 20.3 Å².